The van der Waals surface area contributed by atoms with Gasteiger partial charge in [-0.25, -0.2) is 13.1 Å². The fourth-order valence-corrected chi connectivity index (χ4v) is 3.26. The van der Waals surface area contributed by atoms with Crippen LogP contribution >= 0.6 is 15.9 Å². The molecule has 1 aliphatic rings. The molecule has 0 aromatic carbocycles. The van der Waals surface area contributed by atoms with Gasteiger partial charge >= 0.3 is 0 Å². The fraction of sp³-hybridized carbons (Fsp3) is 0.545. The van der Waals surface area contributed by atoms with Gasteiger partial charge in [0.25, 0.3) is 0 Å². The van der Waals surface area contributed by atoms with E-state index in [0.29, 0.717) is 11.1 Å². The van der Waals surface area contributed by atoms with Crippen molar-refractivity contribution in [3.05, 3.63) is 22.9 Å². The van der Waals surface area contributed by atoms with Crippen LogP contribution in [0.4, 0.5) is 0 Å². The van der Waals surface area contributed by atoms with E-state index in [0.717, 1.165) is 0 Å². The van der Waals surface area contributed by atoms with Crippen LogP contribution in [0.1, 0.15) is 13.8 Å². The van der Waals surface area contributed by atoms with Gasteiger partial charge in [-0.2, -0.15) is 0 Å². The Balaban J connectivity index is 1.99. The van der Waals surface area contributed by atoms with Crippen molar-refractivity contribution in [2.24, 2.45) is 0 Å². The molecule has 1 aliphatic heterocycles. The summed E-state index contributed by atoms with van der Waals surface area (Å²) in [5.41, 5.74) is 0. The summed E-state index contributed by atoms with van der Waals surface area (Å²) in [5.74, 6) is -0.659. The highest BCUT2D eigenvalue weighted by Gasteiger charge is 2.33. The Labute approximate surface area is 120 Å². The molecule has 0 saturated carbocycles. The number of ether oxygens (including phenoxy) is 2. The standard InChI is InChI=1S/C11H15BrN2O4S/c1-11(2)17-7-9(18-11)5-14-19(15,16)10-3-8(12)4-13-6-10/h3-4,6,9,14H,5,7H2,1-2H3. The predicted octanol–water partition coefficient (Wildman–Crippen LogP) is 1.27. The summed E-state index contributed by atoms with van der Waals surface area (Å²) >= 11 is 3.19. The number of sulfonamides is 1. The second kappa shape index (κ2) is 5.45. The van der Waals surface area contributed by atoms with Crippen molar-refractivity contribution in [2.75, 3.05) is 13.2 Å². The van der Waals surface area contributed by atoms with E-state index in [2.05, 4.69) is 25.6 Å². The minimum Gasteiger partial charge on any atom is -0.348 e. The van der Waals surface area contributed by atoms with E-state index >= 15 is 0 Å². The SMILES string of the molecule is CC1(C)OCC(CNS(=O)(=O)c2cncc(Br)c2)O1. The number of hydrogen-bond donors (Lipinski definition) is 1. The van der Waals surface area contributed by atoms with E-state index in [4.69, 9.17) is 9.47 Å². The van der Waals surface area contributed by atoms with Gasteiger partial charge in [-0.05, 0) is 35.8 Å². The largest absolute Gasteiger partial charge is 0.348 e. The van der Waals surface area contributed by atoms with Gasteiger partial charge in [-0.3, -0.25) is 4.98 Å². The molecule has 0 bridgehead atoms. The van der Waals surface area contributed by atoms with Gasteiger partial charge in [0, 0.05) is 23.4 Å². The van der Waals surface area contributed by atoms with Crippen LogP contribution in [0.3, 0.4) is 0 Å². The molecule has 106 valence electrons. The molecule has 2 heterocycles. The molecule has 8 heteroatoms. The molecule has 0 spiro atoms. The van der Waals surface area contributed by atoms with Gasteiger partial charge in [0.05, 0.1) is 12.7 Å². The maximum atomic E-state index is 12.0. The van der Waals surface area contributed by atoms with Crippen molar-refractivity contribution < 1.29 is 17.9 Å². The van der Waals surface area contributed by atoms with Crippen molar-refractivity contribution in [1.29, 1.82) is 0 Å². The number of halogens is 1. The maximum Gasteiger partial charge on any atom is 0.242 e. The Hall–Kier alpha value is -0.540. The van der Waals surface area contributed by atoms with Crippen molar-refractivity contribution >= 4 is 26.0 Å². The molecule has 1 aromatic heterocycles. The predicted molar refractivity (Wildman–Crippen MR) is 72.0 cm³/mol. The molecule has 1 aromatic rings. The van der Waals surface area contributed by atoms with E-state index < -0.39 is 15.8 Å². The molecule has 1 atom stereocenters. The van der Waals surface area contributed by atoms with E-state index in [1.165, 1.54) is 18.5 Å². The van der Waals surface area contributed by atoms with Gasteiger partial charge in [0.15, 0.2) is 5.79 Å². The summed E-state index contributed by atoms with van der Waals surface area (Å²) in [6, 6.07) is 1.49. The molecule has 0 amide bonds. The molecule has 1 unspecified atom stereocenters. The lowest BCUT2D eigenvalue weighted by molar-refractivity contribution is -0.137. The Morgan fingerprint density at radius 3 is 2.84 bits per heavy atom. The number of nitrogens with one attached hydrogen (secondary N) is 1. The average Bonchev–Trinajstić information content (AvgIpc) is 2.67. The second-order valence-electron chi connectivity index (χ2n) is 4.64. The third-order valence-electron chi connectivity index (χ3n) is 2.56. The lowest BCUT2D eigenvalue weighted by atomic mass is 10.4. The molecule has 0 aliphatic carbocycles. The molecule has 1 saturated heterocycles. The first-order valence-corrected chi connectivity index (χ1v) is 7.98. The highest BCUT2D eigenvalue weighted by atomic mass is 79.9. The Kier molecular flexibility index (Phi) is 4.26. The molecule has 1 N–H and O–H groups in total. The van der Waals surface area contributed by atoms with Crippen LogP contribution < -0.4 is 4.72 Å². The summed E-state index contributed by atoms with van der Waals surface area (Å²) < 4.78 is 38.1. The second-order valence-corrected chi connectivity index (χ2v) is 7.32. The van der Waals surface area contributed by atoms with Gasteiger partial charge in [-0.15, -0.1) is 0 Å². The lowest BCUT2D eigenvalue weighted by Gasteiger charge is -2.17. The van der Waals surface area contributed by atoms with Crippen LogP contribution in [0.2, 0.25) is 0 Å². The topological polar surface area (TPSA) is 77.5 Å². The Bertz CT molecular complexity index is 562. The lowest BCUT2D eigenvalue weighted by Crippen LogP contribution is -2.34. The number of hydrogen-bond acceptors (Lipinski definition) is 5. The fourth-order valence-electron chi connectivity index (χ4n) is 1.69. The molecule has 2 rings (SSSR count). The molecule has 0 radical (unpaired) electrons. The number of pyridine rings is 1. The third-order valence-corrected chi connectivity index (χ3v) is 4.38. The van der Waals surface area contributed by atoms with E-state index in [1.54, 1.807) is 13.8 Å². The summed E-state index contributed by atoms with van der Waals surface area (Å²) in [4.78, 5) is 3.94. The van der Waals surface area contributed by atoms with Crippen molar-refractivity contribution in [3.63, 3.8) is 0 Å². The van der Waals surface area contributed by atoms with Crippen LogP contribution in [0, 0.1) is 0 Å². The van der Waals surface area contributed by atoms with Gasteiger partial charge < -0.3 is 9.47 Å². The summed E-state index contributed by atoms with van der Waals surface area (Å²) in [7, 11) is -3.59. The quantitative estimate of drug-likeness (QED) is 0.884. The van der Waals surface area contributed by atoms with Crippen molar-refractivity contribution in [1.82, 2.24) is 9.71 Å². The molecule has 6 nitrogen and oxygen atoms in total. The highest BCUT2D eigenvalue weighted by Crippen LogP contribution is 2.22. The third kappa shape index (κ3) is 3.96. The van der Waals surface area contributed by atoms with Gasteiger partial charge in [0.1, 0.15) is 4.90 Å². The highest BCUT2D eigenvalue weighted by molar-refractivity contribution is 9.10. The Morgan fingerprint density at radius 2 is 2.26 bits per heavy atom. The summed E-state index contributed by atoms with van der Waals surface area (Å²) in [5, 5.41) is 0. The number of rotatable bonds is 4. The maximum absolute atomic E-state index is 12.0. The first kappa shape index (κ1) is 14.9. The normalized spacial score (nSPS) is 22.6. The zero-order chi connectivity index (χ0) is 14.1. The van der Waals surface area contributed by atoms with Crippen molar-refractivity contribution in [2.45, 2.75) is 30.6 Å². The van der Waals surface area contributed by atoms with Crippen molar-refractivity contribution in [3.8, 4) is 0 Å². The Morgan fingerprint density at radius 1 is 1.53 bits per heavy atom. The zero-order valence-electron chi connectivity index (χ0n) is 10.6. The van der Waals surface area contributed by atoms with Crippen LogP contribution in [-0.2, 0) is 19.5 Å². The molecule has 1 fully saturated rings. The number of aromatic nitrogens is 1. The molecule has 19 heavy (non-hydrogen) atoms. The summed E-state index contributed by atoms with van der Waals surface area (Å²) in [6.45, 7) is 4.12. The van der Waals surface area contributed by atoms with Crippen LogP contribution in [0.5, 0.6) is 0 Å². The number of nitrogens with zero attached hydrogens (tertiary/aromatic N) is 1. The monoisotopic (exact) mass is 350 g/mol. The minimum absolute atomic E-state index is 0.111. The smallest absolute Gasteiger partial charge is 0.242 e. The summed E-state index contributed by atoms with van der Waals surface area (Å²) in [6.07, 6.45) is 2.53. The minimum atomic E-state index is -3.59. The zero-order valence-corrected chi connectivity index (χ0v) is 13.0. The first-order valence-electron chi connectivity index (χ1n) is 5.70. The average molecular weight is 351 g/mol. The van der Waals surface area contributed by atoms with E-state index in [-0.39, 0.29) is 17.5 Å². The van der Waals surface area contributed by atoms with Crippen LogP contribution in [-0.4, -0.2) is 38.4 Å². The molecular formula is C11H15BrN2O4S. The molecular weight excluding hydrogens is 336 g/mol. The van der Waals surface area contributed by atoms with Gasteiger partial charge in [0.2, 0.25) is 10.0 Å². The van der Waals surface area contributed by atoms with E-state index in [1.807, 2.05) is 0 Å². The van der Waals surface area contributed by atoms with Crippen LogP contribution in [0.25, 0.3) is 0 Å². The van der Waals surface area contributed by atoms with E-state index in [9.17, 15) is 8.42 Å². The first-order chi connectivity index (χ1) is 8.78. The van der Waals surface area contributed by atoms with Crippen LogP contribution in [0.15, 0.2) is 27.8 Å². The van der Waals surface area contributed by atoms with Gasteiger partial charge in [-0.1, -0.05) is 0 Å².